The highest BCUT2D eigenvalue weighted by Crippen LogP contribution is 2.28. The first-order valence-electron chi connectivity index (χ1n) is 8.54. The van der Waals surface area contributed by atoms with Gasteiger partial charge in [-0.2, -0.15) is 5.10 Å². The quantitative estimate of drug-likeness (QED) is 0.732. The summed E-state index contributed by atoms with van der Waals surface area (Å²) >= 11 is 0. The maximum atomic E-state index is 5.89. The van der Waals surface area contributed by atoms with Crippen molar-refractivity contribution < 1.29 is 9.26 Å². The van der Waals surface area contributed by atoms with E-state index in [1.807, 2.05) is 25.4 Å². The van der Waals surface area contributed by atoms with Crippen LogP contribution < -0.4 is 0 Å². The molecule has 6 heteroatoms. The molecular weight excluding hydrogens is 316 g/mol. The molecule has 2 aromatic heterocycles. The van der Waals surface area contributed by atoms with Gasteiger partial charge < -0.3 is 9.26 Å². The first-order valence-corrected chi connectivity index (χ1v) is 8.54. The highest BCUT2D eigenvalue weighted by Gasteiger charge is 2.29. The molecule has 2 atom stereocenters. The molecule has 4 rings (SSSR count). The van der Waals surface area contributed by atoms with Gasteiger partial charge in [-0.25, -0.2) is 0 Å². The molecule has 25 heavy (non-hydrogen) atoms. The molecule has 1 aromatic carbocycles. The van der Waals surface area contributed by atoms with E-state index in [1.165, 1.54) is 5.56 Å². The highest BCUT2D eigenvalue weighted by molar-refractivity contribution is 5.56. The van der Waals surface area contributed by atoms with Crippen molar-refractivity contribution >= 4 is 0 Å². The van der Waals surface area contributed by atoms with Crippen LogP contribution in [-0.2, 0) is 18.3 Å². The minimum absolute atomic E-state index is 0.209. The second-order valence-corrected chi connectivity index (χ2v) is 6.58. The zero-order chi connectivity index (χ0) is 17.2. The summed E-state index contributed by atoms with van der Waals surface area (Å²) in [5.74, 6) is 0.855. The van der Waals surface area contributed by atoms with Crippen molar-refractivity contribution in [2.45, 2.75) is 25.6 Å². The Hall–Kier alpha value is -2.44. The molecule has 0 radical (unpaired) electrons. The van der Waals surface area contributed by atoms with Crippen molar-refractivity contribution in [1.29, 1.82) is 0 Å². The molecule has 130 valence electrons. The molecule has 1 saturated heterocycles. The zero-order valence-electron chi connectivity index (χ0n) is 14.5. The summed E-state index contributed by atoms with van der Waals surface area (Å²) in [4.78, 5) is 2.40. The lowest BCUT2D eigenvalue weighted by Crippen LogP contribution is -2.43. The number of hydrogen-bond acceptors (Lipinski definition) is 5. The average Bonchev–Trinajstić information content (AvgIpc) is 3.25. The fourth-order valence-corrected chi connectivity index (χ4v) is 3.31. The third kappa shape index (κ3) is 3.50. The Bertz CT molecular complexity index is 827. The molecule has 3 heterocycles. The lowest BCUT2D eigenvalue weighted by molar-refractivity contribution is -0.0621. The van der Waals surface area contributed by atoms with Gasteiger partial charge in [-0.3, -0.25) is 9.58 Å². The number of ether oxygens (including phenoxy) is 1. The largest absolute Gasteiger partial charge is 0.375 e. The number of benzene rings is 1. The van der Waals surface area contributed by atoms with E-state index in [0.717, 1.165) is 23.6 Å². The van der Waals surface area contributed by atoms with Crippen LogP contribution in [0.4, 0.5) is 0 Å². The van der Waals surface area contributed by atoms with Crippen molar-refractivity contribution in [3.05, 3.63) is 60.1 Å². The maximum absolute atomic E-state index is 5.89. The lowest BCUT2D eigenvalue weighted by atomic mass is 10.0. The zero-order valence-corrected chi connectivity index (χ0v) is 14.5. The average molecular weight is 338 g/mol. The lowest BCUT2D eigenvalue weighted by Gasteiger charge is -2.38. The SMILES string of the molecule is C[C@H]1CN(Cc2cc(-c3cnn(C)c3)no2)[C@@H](c2ccccc2)CO1. The standard InChI is InChI=1S/C19H22N4O2/c1-14-10-23(19(13-24-14)15-6-4-3-5-7-15)12-17-8-18(21-25-17)16-9-20-22(2)11-16/h3-9,11,14,19H,10,12-13H2,1-2H3/t14-,19+/m0/s1. The summed E-state index contributed by atoms with van der Waals surface area (Å²) in [6, 6.07) is 12.7. The van der Waals surface area contributed by atoms with E-state index >= 15 is 0 Å². The monoisotopic (exact) mass is 338 g/mol. The van der Waals surface area contributed by atoms with E-state index < -0.39 is 0 Å². The van der Waals surface area contributed by atoms with Gasteiger partial charge in [-0.1, -0.05) is 35.5 Å². The van der Waals surface area contributed by atoms with Gasteiger partial charge in [-0.05, 0) is 12.5 Å². The fourth-order valence-electron chi connectivity index (χ4n) is 3.31. The molecule has 0 N–H and O–H groups in total. The Balaban J connectivity index is 1.54. The number of hydrogen-bond donors (Lipinski definition) is 0. The molecule has 0 bridgehead atoms. The topological polar surface area (TPSA) is 56.3 Å². The number of nitrogens with zero attached hydrogens (tertiary/aromatic N) is 4. The molecule has 1 aliphatic heterocycles. The van der Waals surface area contributed by atoms with Crippen molar-refractivity contribution in [1.82, 2.24) is 19.8 Å². The van der Waals surface area contributed by atoms with Gasteiger partial charge in [0.05, 0.1) is 31.5 Å². The second-order valence-electron chi connectivity index (χ2n) is 6.58. The van der Waals surface area contributed by atoms with Crippen LogP contribution in [0.15, 0.2) is 53.3 Å². The minimum atomic E-state index is 0.209. The summed E-state index contributed by atoms with van der Waals surface area (Å²) in [5.41, 5.74) is 3.05. The van der Waals surface area contributed by atoms with Crippen molar-refractivity contribution in [3.63, 3.8) is 0 Å². The van der Waals surface area contributed by atoms with E-state index in [0.29, 0.717) is 13.2 Å². The van der Waals surface area contributed by atoms with Crippen LogP contribution in [0, 0.1) is 0 Å². The predicted molar refractivity (Wildman–Crippen MR) is 93.7 cm³/mol. The van der Waals surface area contributed by atoms with Gasteiger partial charge >= 0.3 is 0 Å². The normalized spacial score (nSPS) is 21.5. The van der Waals surface area contributed by atoms with Crippen LogP contribution in [0.2, 0.25) is 0 Å². The van der Waals surface area contributed by atoms with Gasteiger partial charge in [-0.15, -0.1) is 0 Å². The van der Waals surface area contributed by atoms with Gasteiger partial charge in [0.25, 0.3) is 0 Å². The summed E-state index contributed by atoms with van der Waals surface area (Å²) in [6.07, 6.45) is 3.94. The first kappa shape index (κ1) is 16.1. The number of morpholine rings is 1. The molecule has 6 nitrogen and oxygen atoms in total. The van der Waals surface area contributed by atoms with Gasteiger partial charge in [0.15, 0.2) is 5.76 Å². The molecule has 1 fully saturated rings. The van der Waals surface area contributed by atoms with Crippen LogP contribution in [0.3, 0.4) is 0 Å². The smallest absolute Gasteiger partial charge is 0.151 e. The third-order valence-electron chi connectivity index (χ3n) is 4.57. The Kier molecular flexibility index (Phi) is 4.38. The van der Waals surface area contributed by atoms with E-state index in [2.05, 4.69) is 46.3 Å². The molecule has 0 saturated carbocycles. The predicted octanol–water partition coefficient (Wildman–Crippen LogP) is 3.04. The molecule has 0 unspecified atom stereocenters. The van der Waals surface area contributed by atoms with Crippen LogP contribution in [0.25, 0.3) is 11.3 Å². The van der Waals surface area contributed by atoms with E-state index in [4.69, 9.17) is 9.26 Å². The Morgan fingerprint density at radius 3 is 2.84 bits per heavy atom. The van der Waals surface area contributed by atoms with Crippen LogP contribution >= 0.6 is 0 Å². The minimum Gasteiger partial charge on any atom is -0.375 e. The summed E-state index contributed by atoms with van der Waals surface area (Å²) in [6.45, 7) is 4.37. The van der Waals surface area contributed by atoms with Crippen molar-refractivity contribution in [3.8, 4) is 11.3 Å². The molecule has 3 aromatic rings. The van der Waals surface area contributed by atoms with Crippen molar-refractivity contribution in [2.24, 2.45) is 7.05 Å². The Morgan fingerprint density at radius 2 is 2.08 bits per heavy atom. The number of aryl methyl sites for hydroxylation is 1. The van der Waals surface area contributed by atoms with Gasteiger partial charge in [0.1, 0.15) is 5.69 Å². The fraction of sp³-hybridized carbons (Fsp3) is 0.368. The van der Waals surface area contributed by atoms with Gasteiger partial charge in [0.2, 0.25) is 0 Å². The van der Waals surface area contributed by atoms with Crippen LogP contribution in [-0.4, -0.2) is 39.1 Å². The van der Waals surface area contributed by atoms with E-state index in [9.17, 15) is 0 Å². The molecule has 1 aliphatic rings. The summed E-state index contributed by atoms with van der Waals surface area (Å²) < 4.78 is 13.2. The third-order valence-corrected chi connectivity index (χ3v) is 4.57. The number of aromatic nitrogens is 3. The van der Waals surface area contributed by atoms with E-state index in [1.54, 1.807) is 10.9 Å². The molecular formula is C19H22N4O2. The Morgan fingerprint density at radius 1 is 1.24 bits per heavy atom. The van der Waals surface area contributed by atoms with E-state index in [-0.39, 0.29) is 12.1 Å². The van der Waals surface area contributed by atoms with Crippen molar-refractivity contribution in [2.75, 3.05) is 13.2 Å². The van der Waals surface area contributed by atoms with Crippen LogP contribution in [0.5, 0.6) is 0 Å². The summed E-state index contributed by atoms with van der Waals surface area (Å²) in [7, 11) is 1.89. The molecule has 0 aliphatic carbocycles. The molecule has 0 spiro atoms. The second kappa shape index (κ2) is 6.82. The number of rotatable bonds is 4. The highest BCUT2D eigenvalue weighted by atomic mass is 16.5. The maximum Gasteiger partial charge on any atom is 0.151 e. The van der Waals surface area contributed by atoms with Crippen LogP contribution in [0.1, 0.15) is 24.3 Å². The summed E-state index contributed by atoms with van der Waals surface area (Å²) in [5, 5.41) is 8.38. The Labute approximate surface area is 147 Å². The first-order chi connectivity index (χ1) is 12.2. The van der Waals surface area contributed by atoms with Gasteiger partial charge in [0, 0.05) is 31.4 Å². The molecule has 0 amide bonds.